The van der Waals surface area contributed by atoms with Gasteiger partial charge in [-0.3, -0.25) is 0 Å². The van der Waals surface area contributed by atoms with E-state index in [2.05, 4.69) is 4.72 Å². The van der Waals surface area contributed by atoms with Crippen molar-refractivity contribution in [1.29, 1.82) is 0 Å². The molecule has 1 N–H and O–H groups in total. The second kappa shape index (κ2) is 8.29. The Kier molecular flexibility index (Phi) is 6.04. The van der Waals surface area contributed by atoms with Crippen LogP contribution in [0.2, 0.25) is 0 Å². The smallest absolute Gasteiger partial charge is 0.244 e. The zero-order chi connectivity index (χ0) is 19.3. The normalized spacial score (nSPS) is 16.7. The highest BCUT2D eigenvalue weighted by atomic mass is 32.2. The van der Waals surface area contributed by atoms with Crippen molar-refractivity contribution in [2.45, 2.75) is 23.2 Å². The molecule has 0 atom stereocenters. The molecule has 7 heteroatoms. The number of benzene rings is 2. The highest BCUT2D eigenvalue weighted by molar-refractivity contribution is 7.89. The summed E-state index contributed by atoms with van der Waals surface area (Å²) < 4.78 is 44.6. The predicted molar refractivity (Wildman–Crippen MR) is 103 cm³/mol. The maximum absolute atomic E-state index is 13.0. The van der Waals surface area contributed by atoms with Crippen molar-refractivity contribution in [1.82, 2.24) is 4.72 Å². The maximum atomic E-state index is 13.0. The van der Waals surface area contributed by atoms with Gasteiger partial charge in [0.25, 0.3) is 0 Å². The minimum Gasteiger partial charge on any atom is -0.497 e. The summed E-state index contributed by atoms with van der Waals surface area (Å²) in [7, 11) is -0.779. The molecule has 0 saturated carbocycles. The molecule has 0 aliphatic carbocycles. The topological polar surface area (TPSA) is 73.9 Å². The number of ether oxygens (including phenoxy) is 3. The van der Waals surface area contributed by atoms with Crippen LogP contribution in [0.4, 0.5) is 0 Å². The molecule has 1 aliphatic rings. The lowest BCUT2D eigenvalue weighted by Gasteiger charge is -2.38. The van der Waals surface area contributed by atoms with E-state index in [0.717, 1.165) is 18.4 Å². The predicted octanol–water partition coefficient (Wildman–Crippen LogP) is 2.73. The highest BCUT2D eigenvalue weighted by Crippen LogP contribution is 2.35. The molecule has 0 amide bonds. The molecule has 1 heterocycles. The largest absolute Gasteiger partial charge is 0.497 e. The molecule has 1 fully saturated rings. The van der Waals surface area contributed by atoms with Gasteiger partial charge in [-0.05, 0) is 30.5 Å². The van der Waals surface area contributed by atoms with Crippen LogP contribution < -0.4 is 14.2 Å². The Labute approximate surface area is 160 Å². The monoisotopic (exact) mass is 391 g/mol. The first kappa shape index (κ1) is 19.7. The Morgan fingerprint density at radius 2 is 1.74 bits per heavy atom. The van der Waals surface area contributed by atoms with Crippen LogP contribution in [-0.4, -0.2) is 42.4 Å². The van der Waals surface area contributed by atoms with Crippen molar-refractivity contribution < 1.29 is 22.6 Å². The van der Waals surface area contributed by atoms with E-state index in [-0.39, 0.29) is 16.1 Å². The molecule has 0 bridgehead atoms. The fraction of sp³-hybridized carbons (Fsp3) is 0.400. The molecule has 6 nitrogen and oxygen atoms in total. The lowest BCUT2D eigenvalue weighted by Crippen LogP contribution is -2.44. The molecule has 1 aliphatic heterocycles. The number of hydrogen-bond acceptors (Lipinski definition) is 5. The molecule has 0 radical (unpaired) electrons. The highest BCUT2D eigenvalue weighted by Gasteiger charge is 2.36. The lowest BCUT2D eigenvalue weighted by atomic mass is 9.74. The summed E-state index contributed by atoms with van der Waals surface area (Å²) in [6.45, 7) is 1.53. The first-order chi connectivity index (χ1) is 13.0. The first-order valence-electron chi connectivity index (χ1n) is 8.86. The SMILES string of the molecule is COc1ccc(S(=O)(=O)NCC2(c3ccccc3)CCOCC2)c(OC)c1. The van der Waals surface area contributed by atoms with Gasteiger partial charge in [0.05, 0.1) is 14.2 Å². The van der Waals surface area contributed by atoms with Gasteiger partial charge in [0, 0.05) is 31.2 Å². The van der Waals surface area contributed by atoms with Crippen molar-refractivity contribution in [2.24, 2.45) is 0 Å². The van der Waals surface area contributed by atoms with Gasteiger partial charge in [-0.25, -0.2) is 13.1 Å². The number of sulfonamides is 1. The summed E-state index contributed by atoms with van der Waals surface area (Å²) in [5, 5.41) is 0. The summed E-state index contributed by atoms with van der Waals surface area (Å²) in [6.07, 6.45) is 1.53. The third kappa shape index (κ3) is 4.26. The number of rotatable bonds is 7. The van der Waals surface area contributed by atoms with E-state index in [9.17, 15) is 8.42 Å². The summed E-state index contributed by atoms with van der Waals surface area (Å²) >= 11 is 0. The minimum atomic E-state index is -3.74. The van der Waals surface area contributed by atoms with Gasteiger partial charge in [-0.1, -0.05) is 30.3 Å². The Balaban J connectivity index is 1.87. The lowest BCUT2D eigenvalue weighted by molar-refractivity contribution is 0.0517. The molecule has 1 saturated heterocycles. The molecule has 3 rings (SSSR count). The van der Waals surface area contributed by atoms with Crippen molar-refractivity contribution in [3.05, 3.63) is 54.1 Å². The first-order valence-corrected chi connectivity index (χ1v) is 10.3. The third-order valence-corrected chi connectivity index (χ3v) is 6.54. The molecule has 27 heavy (non-hydrogen) atoms. The van der Waals surface area contributed by atoms with Crippen LogP contribution >= 0.6 is 0 Å². The van der Waals surface area contributed by atoms with Crippen molar-refractivity contribution in [3.8, 4) is 11.5 Å². The van der Waals surface area contributed by atoms with Gasteiger partial charge in [0.2, 0.25) is 10.0 Å². The van der Waals surface area contributed by atoms with Crippen molar-refractivity contribution >= 4 is 10.0 Å². The fourth-order valence-electron chi connectivity index (χ4n) is 3.43. The molecule has 0 spiro atoms. The van der Waals surface area contributed by atoms with Gasteiger partial charge in [-0.2, -0.15) is 0 Å². The maximum Gasteiger partial charge on any atom is 0.244 e. The van der Waals surface area contributed by atoms with Gasteiger partial charge in [-0.15, -0.1) is 0 Å². The minimum absolute atomic E-state index is 0.0982. The van der Waals surface area contributed by atoms with Gasteiger partial charge < -0.3 is 14.2 Å². The van der Waals surface area contributed by atoms with E-state index in [4.69, 9.17) is 14.2 Å². The summed E-state index contributed by atoms with van der Waals surface area (Å²) in [5.74, 6) is 0.790. The van der Waals surface area contributed by atoms with E-state index < -0.39 is 10.0 Å². The van der Waals surface area contributed by atoms with Crippen LogP contribution in [-0.2, 0) is 20.2 Å². The Bertz CT molecular complexity index is 861. The van der Waals surface area contributed by atoms with E-state index in [1.54, 1.807) is 12.1 Å². The second-order valence-electron chi connectivity index (χ2n) is 6.60. The van der Waals surface area contributed by atoms with Crippen LogP contribution in [0.25, 0.3) is 0 Å². The zero-order valence-electron chi connectivity index (χ0n) is 15.6. The Hall–Kier alpha value is -2.09. The van der Waals surface area contributed by atoms with Crippen LogP contribution in [0, 0.1) is 0 Å². The van der Waals surface area contributed by atoms with Crippen LogP contribution in [0.15, 0.2) is 53.4 Å². The van der Waals surface area contributed by atoms with E-state index in [1.165, 1.54) is 20.3 Å². The average molecular weight is 391 g/mol. The fourth-order valence-corrected chi connectivity index (χ4v) is 4.71. The average Bonchev–Trinajstić information content (AvgIpc) is 2.73. The quantitative estimate of drug-likeness (QED) is 0.786. The second-order valence-corrected chi connectivity index (χ2v) is 8.34. The Morgan fingerprint density at radius 3 is 2.37 bits per heavy atom. The molecular formula is C20H25NO5S. The number of nitrogens with one attached hydrogen (secondary N) is 1. The summed E-state index contributed by atoms with van der Waals surface area (Å²) in [4.78, 5) is 0.0982. The van der Waals surface area contributed by atoms with Crippen molar-refractivity contribution in [2.75, 3.05) is 34.0 Å². The molecule has 2 aromatic carbocycles. The van der Waals surface area contributed by atoms with E-state index >= 15 is 0 Å². The number of methoxy groups -OCH3 is 2. The standard InChI is InChI=1S/C20H25NO5S/c1-24-17-8-9-19(18(14-17)25-2)27(22,23)21-15-20(10-12-26-13-11-20)16-6-4-3-5-7-16/h3-9,14,21H,10-13,15H2,1-2H3. The van der Waals surface area contributed by atoms with Crippen LogP contribution in [0.5, 0.6) is 11.5 Å². The molecule has 0 aromatic heterocycles. The van der Waals surface area contributed by atoms with Crippen LogP contribution in [0.1, 0.15) is 18.4 Å². The Morgan fingerprint density at radius 1 is 1.04 bits per heavy atom. The third-order valence-electron chi connectivity index (χ3n) is 5.10. The zero-order valence-corrected chi connectivity index (χ0v) is 16.4. The van der Waals surface area contributed by atoms with E-state index in [1.807, 2.05) is 30.3 Å². The van der Waals surface area contributed by atoms with Crippen molar-refractivity contribution in [3.63, 3.8) is 0 Å². The summed E-state index contributed by atoms with van der Waals surface area (Å²) in [6, 6.07) is 14.7. The number of hydrogen-bond donors (Lipinski definition) is 1. The van der Waals surface area contributed by atoms with Gasteiger partial charge in [0.1, 0.15) is 16.4 Å². The molecule has 0 unspecified atom stereocenters. The molecule has 2 aromatic rings. The van der Waals surface area contributed by atoms with Crippen LogP contribution in [0.3, 0.4) is 0 Å². The summed E-state index contributed by atoms with van der Waals surface area (Å²) in [5.41, 5.74) is 0.837. The van der Waals surface area contributed by atoms with Gasteiger partial charge in [0.15, 0.2) is 0 Å². The molecule has 146 valence electrons. The van der Waals surface area contributed by atoms with Gasteiger partial charge >= 0.3 is 0 Å². The van der Waals surface area contributed by atoms with E-state index in [0.29, 0.717) is 25.5 Å². The molecular weight excluding hydrogens is 366 g/mol.